The van der Waals surface area contributed by atoms with Gasteiger partial charge < -0.3 is 24.8 Å². The smallest absolute Gasteiger partial charge is 0.349 e. The standard InChI is InChI=1S/C17H16O8S/c1-9-14(25-8-13(20)21)16(17(22)23)26-15(9)10-3-2-4-11(7-10)24-6-5-12(18)19/h2-4,7H,5-6,8H2,1H3,(H,18,19)(H,20,21)(H,22,23). The second-order valence-corrected chi connectivity index (χ2v) is 6.24. The molecular formula is C17H16O8S. The molecule has 0 aliphatic heterocycles. The highest BCUT2D eigenvalue weighted by atomic mass is 32.1. The molecule has 2 aromatic rings. The van der Waals surface area contributed by atoms with Crippen LogP contribution in [-0.4, -0.2) is 46.4 Å². The number of aliphatic carboxylic acids is 2. The van der Waals surface area contributed by atoms with E-state index in [0.29, 0.717) is 21.8 Å². The molecule has 1 aromatic carbocycles. The number of aromatic carboxylic acids is 1. The first-order valence-electron chi connectivity index (χ1n) is 7.46. The van der Waals surface area contributed by atoms with E-state index < -0.39 is 24.5 Å². The fraction of sp³-hybridized carbons (Fsp3) is 0.235. The Hall–Kier alpha value is -3.07. The Morgan fingerprint density at radius 2 is 1.81 bits per heavy atom. The molecule has 9 heteroatoms. The maximum Gasteiger partial charge on any atom is 0.349 e. The zero-order valence-electron chi connectivity index (χ0n) is 13.7. The largest absolute Gasteiger partial charge is 0.493 e. The summed E-state index contributed by atoms with van der Waals surface area (Å²) in [5.41, 5.74) is 1.17. The van der Waals surface area contributed by atoms with Gasteiger partial charge in [-0.25, -0.2) is 9.59 Å². The predicted molar refractivity (Wildman–Crippen MR) is 92.3 cm³/mol. The minimum Gasteiger partial charge on any atom is -0.493 e. The third-order valence-corrected chi connectivity index (χ3v) is 4.62. The normalized spacial score (nSPS) is 10.3. The number of hydrogen-bond donors (Lipinski definition) is 3. The van der Waals surface area contributed by atoms with Gasteiger partial charge in [0.15, 0.2) is 11.5 Å². The van der Waals surface area contributed by atoms with Crippen molar-refractivity contribution in [3.8, 4) is 21.9 Å². The molecule has 0 atom stereocenters. The Morgan fingerprint density at radius 1 is 1.08 bits per heavy atom. The van der Waals surface area contributed by atoms with Gasteiger partial charge in [-0.15, -0.1) is 11.3 Å². The summed E-state index contributed by atoms with van der Waals surface area (Å²) in [7, 11) is 0. The number of benzene rings is 1. The van der Waals surface area contributed by atoms with Crippen molar-refractivity contribution < 1.29 is 39.2 Å². The molecule has 0 amide bonds. The van der Waals surface area contributed by atoms with Gasteiger partial charge in [0, 0.05) is 10.4 Å². The summed E-state index contributed by atoms with van der Waals surface area (Å²) in [6.07, 6.45) is -0.140. The minimum atomic E-state index is -1.21. The van der Waals surface area contributed by atoms with Crippen LogP contribution in [0.2, 0.25) is 0 Å². The van der Waals surface area contributed by atoms with Gasteiger partial charge in [0.25, 0.3) is 0 Å². The third kappa shape index (κ3) is 4.73. The van der Waals surface area contributed by atoms with Crippen molar-refractivity contribution >= 4 is 29.2 Å². The predicted octanol–water partition coefficient (Wildman–Crippen LogP) is 2.74. The monoisotopic (exact) mass is 380 g/mol. The van der Waals surface area contributed by atoms with Crippen LogP contribution in [0.15, 0.2) is 24.3 Å². The highest BCUT2D eigenvalue weighted by Gasteiger charge is 2.23. The van der Waals surface area contributed by atoms with Crippen LogP contribution >= 0.6 is 11.3 Å². The van der Waals surface area contributed by atoms with Gasteiger partial charge in [0.2, 0.25) is 0 Å². The lowest BCUT2D eigenvalue weighted by Crippen LogP contribution is -2.11. The summed E-state index contributed by atoms with van der Waals surface area (Å²) in [5, 5.41) is 26.7. The van der Waals surface area contributed by atoms with Crippen molar-refractivity contribution in [2.24, 2.45) is 0 Å². The quantitative estimate of drug-likeness (QED) is 0.605. The van der Waals surface area contributed by atoms with Crippen LogP contribution in [0.3, 0.4) is 0 Å². The van der Waals surface area contributed by atoms with Gasteiger partial charge in [-0.1, -0.05) is 12.1 Å². The van der Waals surface area contributed by atoms with Gasteiger partial charge >= 0.3 is 17.9 Å². The van der Waals surface area contributed by atoms with Gasteiger partial charge in [0.05, 0.1) is 13.0 Å². The highest BCUT2D eigenvalue weighted by molar-refractivity contribution is 7.18. The van der Waals surface area contributed by atoms with E-state index in [1.54, 1.807) is 31.2 Å². The van der Waals surface area contributed by atoms with E-state index in [4.69, 9.17) is 19.7 Å². The van der Waals surface area contributed by atoms with E-state index in [-0.39, 0.29) is 23.7 Å². The second kappa shape index (κ2) is 8.34. The average molecular weight is 380 g/mol. The number of thiophene rings is 1. The molecule has 2 rings (SSSR count). The first-order valence-corrected chi connectivity index (χ1v) is 8.27. The zero-order valence-corrected chi connectivity index (χ0v) is 14.5. The molecule has 0 fully saturated rings. The summed E-state index contributed by atoms with van der Waals surface area (Å²) < 4.78 is 10.5. The van der Waals surface area contributed by atoms with Gasteiger partial charge in [-0.3, -0.25) is 4.79 Å². The lowest BCUT2D eigenvalue weighted by atomic mass is 10.1. The molecule has 0 unspecified atom stereocenters. The number of carboxylic acid groups (broad SMARTS) is 3. The Bertz CT molecular complexity index is 839. The number of carbonyl (C=O) groups is 3. The molecule has 1 heterocycles. The second-order valence-electron chi connectivity index (χ2n) is 5.22. The molecule has 8 nitrogen and oxygen atoms in total. The van der Waals surface area contributed by atoms with Crippen LogP contribution in [0, 0.1) is 6.92 Å². The fourth-order valence-corrected chi connectivity index (χ4v) is 3.29. The number of hydrogen-bond acceptors (Lipinski definition) is 6. The number of rotatable bonds is 9. The molecule has 3 N–H and O–H groups in total. The average Bonchev–Trinajstić information content (AvgIpc) is 2.90. The zero-order chi connectivity index (χ0) is 19.3. The fourth-order valence-electron chi connectivity index (χ4n) is 2.21. The molecule has 138 valence electrons. The molecule has 0 bridgehead atoms. The molecule has 0 aliphatic carbocycles. The van der Waals surface area contributed by atoms with Crippen LogP contribution in [-0.2, 0) is 9.59 Å². The van der Waals surface area contributed by atoms with E-state index in [9.17, 15) is 19.5 Å². The molecule has 26 heavy (non-hydrogen) atoms. The summed E-state index contributed by atoms with van der Waals surface area (Å²) >= 11 is 0.969. The molecule has 0 aliphatic rings. The van der Waals surface area contributed by atoms with Crippen LogP contribution in [0.5, 0.6) is 11.5 Å². The lowest BCUT2D eigenvalue weighted by Gasteiger charge is -2.07. The maximum atomic E-state index is 11.4. The summed E-state index contributed by atoms with van der Waals surface area (Å²) in [4.78, 5) is 33.2. The SMILES string of the molecule is Cc1c(-c2cccc(OCCC(=O)O)c2)sc(C(=O)O)c1OCC(=O)O. The topological polar surface area (TPSA) is 130 Å². The van der Waals surface area contributed by atoms with Crippen molar-refractivity contribution in [1.29, 1.82) is 0 Å². The molecule has 0 saturated heterocycles. The highest BCUT2D eigenvalue weighted by Crippen LogP contribution is 2.42. The van der Waals surface area contributed by atoms with E-state index in [1.807, 2.05) is 0 Å². The number of carboxylic acids is 3. The van der Waals surface area contributed by atoms with Crippen LogP contribution in [0.25, 0.3) is 10.4 Å². The summed E-state index contributed by atoms with van der Waals surface area (Å²) in [6, 6.07) is 6.76. The summed E-state index contributed by atoms with van der Waals surface area (Å²) in [5.74, 6) is -2.92. The van der Waals surface area contributed by atoms with Crippen molar-refractivity contribution in [1.82, 2.24) is 0 Å². The van der Waals surface area contributed by atoms with Crippen LogP contribution in [0.4, 0.5) is 0 Å². The molecule has 0 radical (unpaired) electrons. The minimum absolute atomic E-state index is 0.00948. The van der Waals surface area contributed by atoms with E-state index in [1.165, 1.54) is 0 Å². The van der Waals surface area contributed by atoms with Crippen LogP contribution < -0.4 is 9.47 Å². The van der Waals surface area contributed by atoms with Crippen molar-refractivity contribution in [2.45, 2.75) is 13.3 Å². The molecule has 1 aromatic heterocycles. The first kappa shape index (κ1) is 19.3. The maximum absolute atomic E-state index is 11.4. The Balaban J connectivity index is 2.33. The van der Waals surface area contributed by atoms with E-state index in [0.717, 1.165) is 11.3 Å². The van der Waals surface area contributed by atoms with Gasteiger partial charge in [0.1, 0.15) is 11.5 Å². The van der Waals surface area contributed by atoms with Crippen molar-refractivity contribution in [3.63, 3.8) is 0 Å². The van der Waals surface area contributed by atoms with E-state index >= 15 is 0 Å². The van der Waals surface area contributed by atoms with Crippen molar-refractivity contribution in [2.75, 3.05) is 13.2 Å². The van der Waals surface area contributed by atoms with Gasteiger partial charge in [-0.05, 0) is 24.6 Å². The number of ether oxygens (including phenoxy) is 2. The van der Waals surface area contributed by atoms with Gasteiger partial charge in [-0.2, -0.15) is 0 Å². The lowest BCUT2D eigenvalue weighted by molar-refractivity contribution is -0.139. The molecular weight excluding hydrogens is 364 g/mol. The van der Waals surface area contributed by atoms with Crippen molar-refractivity contribution in [3.05, 3.63) is 34.7 Å². The van der Waals surface area contributed by atoms with E-state index in [2.05, 4.69) is 0 Å². The van der Waals surface area contributed by atoms with Crippen LogP contribution in [0.1, 0.15) is 21.7 Å². The summed E-state index contributed by atoms with van der Waals surface area (Å²) in [6.45, 7) is 1.01. The first-order chi connectivity index (χ1) is 12.3. The molecule has 0 saturated carbocycles. The Labute approximate surface area is 152 Å². The third-order valence-electron chi connectivity index (χ3n) is 3.31. The Morgan fingerprint density at radius 3 is 2.42 bits per heavy atom. The molecule has 0 spiro atoms. The Kier molecular flexibility index (Phi) is 6.18.